The fraction of sp³-hybridized carbons (Fsp3) is 0.348. The highest BCUT2D eigenvalue weighted by atomic mass is 35.5. The Labute approximate surface area is 181 Å². The molecule has 2 aromatic rings. The Kier molecular flexibility index (Phi) is 6.20. The number of carbonyl (C=O) groups is 1. The van der Waals surface area contributed by atoms with Crippen molar-refractivity contribution >= 4 is 17.6 Å². The molecule has 0 N–H and O–H groups in total. The maximum Gasteiger partial charge on any atom is 0.459 e. The predicted octanol–water partition coefficient (Wildman–Crippen LogP) is 6.99. The van der Waals surface area contributed by atoms with E-state index >= 15 is 0 Å². The molecule has 2 nitrogen and oxygen atoms in total. The van der Waals surface area contributed by atoms with Crippen molar-refractivity contribution in [2.45, 2.75) is 32.6 Å². The summed E-state index contributed by atoms with van der Waals surface area (Å²) in [6, 6.07) is 16.9. The highest BCUT2D eigenvalue weighted by Gasteiger charge is 2.64. The summed E-state index contributed by atoms with van der Waals surface area (Å²) in [5, 5.41) is -1.64. The summed E-state index contributed by atoms with van der Waals surface area (Å²) in [4.78, 5) is 12.5. The Morgan fingerprint density at radius 1 is 1.03 bits per heavy atom. The van der Waals surface area contributed by atoms with Crippen LogP contribution >= 0.6 is 11.6 Å². The Hall–Kier alpha value is -2.41. The van der Waals surface area contributed by atoms with Crippen LogP contribution < -0.4 is 0 Å². The molecule has 1 fully saturated rings. The quantitative estimate of drug-likeness (QED) is 0.344. The lowest BCUT2D eigenvalue weighted by atomic mass is 10.0. The van der Waals surface area contributed by atoms with Gasteiger partial charge in [0.15, 0.2) is 0 Å². The summed E-state index contributed by atoms with van der Waals surface area (Å²) in [6.45, 7) is 3.13. The molecule has 0 amide bonds. The van der Waals surface area contributed by atoms with Gasteiger partial charge >= 0.3 is 18.1 Å². The lowest BCUT2D eigenvalue weighted by Gasteiger charge is -2.18. The van der Waals surface area contributed by atoms with Gasteiger partial charge in [-0.1, -0.05) is 80.1 Å². The van der Waals surface area contributed by atoms with Gasteiger partial charge in [0.1, 0.15) is 6.61 Å². The van der Waals surface area contributed by atoms with E-state index in [1.54, 1.807) is 19.9 Å². The van der Waals surface area contributed by atoms with Crippen LogP contribution in [0.4, 0.5) is 22.0 Å². The third-order valence-electron chi connectivity index (χ3n) is 5.56. The molecule has 8 heteroatoms. The molecule has 0 heterocycles. The number of hydrogen-bond acceptors (Lipinski definition) is 2. The Balaban J connectivity index is 1.67. The molecule has 1 saturated carbocycles. The molecule has 166 valence electrons. The summed E-state index contributed by atoms with van der Waals surface area (Å²) in [5.74, 6) is -7.57. The number of benzene rings is 2. The summed E-state index contributed by atoms with van der Waals surface area (Å²) in [5.41, 5.74) is 1.80. The van der Waals surface area contributed by atoms with Gasteiger partial charge in [-0.15, -0.1) is 0 Å². The van der Waals surface area contributed by atoms with Gasteiger partial charge in [0.25, 0.3) is 0 Å². The zero-order valence-electron chi connectivity index (χ0n) is 16.7. The zero-order chi connectivity index (χ0) is 23.0. The number of halogens is 6. The fourth-order valence-corrected chi connectivity index (χ4v) is 3.80. The molecule has 0 aromatic heterocycles. The van der Waals surface area contributed by atoms with Crippen LogP contribution in [-0.4, -0.2) is 18.1 Å². The third-order valence-corrected chi connectivity index (χ3v) is 5.93. The maximum atomic E-state index is 13.4. The summed E-state index contributed by atoms with van der Waals surface area (Å²) < 4.78 is 69.6. The lowest BCUT2D eigenvalue weighted by molar-refractivity contribution is -0.261. The van der Waals surface area contributed by atoms with E-state index in [9.17, 15) is 26.7 Å². The minimum Gasteiger partial charge on any atom is -0.461 e. The monoisotopic (exact) mass is 458 g/mol. The minimum absolute atomic E-state index is 0.0467. The first-order valence-electron chi connectivity index (χ1n) is 9.49. The molecule has 2 unspecified atom stereocenters. The van der Waals surface area contributed by atoms with Gasteiger partial charge in [0.2, 0.25) is 0 Å². The molecule has 0 bridgehead atoms. The largest absolute Gasteiger partial charge is 0.461 e. The molecular formula is C23H20ClF5O2. The first-order valence-corrected chi connectivity index (χ1v) is 9.87. The molecule has 0 radical (unpaired) electrons. The zero-order valence-corrected chi connectivity index (χ0v) is 17.5. The Morgan fingerprint density at radius 2 is 1.65 bits per heavy atom. The highest BCUT2D eigenvalue weighted by molar-refractivity contribution is 6.30. The van der Waals surface area contributed by atoms with Crippen LogP contribution in [0.1, 0.15) is 19.4 Å². The fourth-order valence-electron chi connectivity index (χ4n) is 3.55. The van der Waals surface area contributed by atoms with Crippen molar-refractivity contribution in [3.8, 4) is 11.1 Å². The van der Waals surface area contributed by atoms with Crippen molar-refractivity contribution in [2.24, 2.45) is 17.3 Å². The van der Waals surface area contributed by atoms with Crippen molar-refractivity contribution in [1.82, 2.24) is 0 Å². The van der Waals surface area contributed by atoms with Gasteiger partial charge in [0.05, 0.1) is 11.0 Å². The first kappa shape index (κ1) is 23.3. The molecule has 0 spiro atoms. The van der Waals surface area contributed by atoms with Crippen LogP contribution in [0.3, 0.4) is 0 Å². The average Bonchev–Trinajstić information content (AvgIpc) is 3.26. The molecule has 0 saturated heterocycles. The van der Waals surface area contributed by atoms with Gasteiger partial charge in [0, 0.05) is 0 Å². The van der Waals surface area contributed by atoms with Gasteiger partial charge in [-0.25, -0.2) is 0 Å². The van der Waals surface area contributed by atoms with Crippen molar-refractivity contribution in [1.29, 1.82) is 0 Å². The van der Waals surface area contributed by atoms with Crippen molar-refractivity contribution in [3.05, 3.63) is 71.3 Å². The highest BCUT2D eigenvalue weighted by Crippen LogP contribution is 2.61. The number of ether oxygens (including phenoxy) is 1. The van der Waals surface area contributed by atoms with Crippen LogP contribution in [0.5, 0.6) is 0 Å². The number of carbonyl (C=O) groups excluding carboxylic acids is 1. The van der Waals surface area contributed by atoms with E-state index in [4.69, 9.17) is 16.3 Å². The number of alkyl halides is 5. The number of hydrogen-bond donors (Lipinski definition) is 0. The van der Waals surface area contributed by atoms with Gasteiger partial charge in [-0.2, -0.15) is 22.0 Å². The van der Waals surface area contributed by atoms with E-state index < -0.39 is 40.4 Å². The summed E-state index contributed by atoms with van der Waals surface area (Å²) in [6.07, 6.45) is -5.18. The molecule has 0 aliphatic heterocycles. The van der Waals surface area contributed by atoms with Crippen LogP contribution in [0, 0.1) is 17.3 Å². The van der Waals surface area contributed by atoms with Crippen LogP contribution in [0.2, 0.25) is 0 Å². The van der Waals surface area contributed by atoms with E-state index in [1.807, 2.05) is 48.5 Å². The third kappa shape index (κ3) is 4.76. The molecule has 2 atom stereocenters. The van der Waals surface area contributed by atoms with Crippen LogP contribution in [-0.2, 0) is 16.1 Å². The van der Waals surface area contributed by atoms with Crippen LogP contribution in [0.25, 0.3) is 11.1 Å². The van der Waals surface area contributed by atoms with E-state index in [0.29, 0.717) is 6.08 Å². The van der Waals surface area contributed by atoms with E-state index in [2.05, 4.69) is 0 Å². The smallest absolute Gasteiger partial charge is 0.459 e. The molecular weight excluding hydrogens is 439 g/mol. The van der Waals surface area contributed by atoms with Gasteiger partial charge < -0.3 is 4.74 Å². The van der Waals surface area contributed by atoms with Crippen LogP contribution in [0.15, 0.2) is 65.7 Å². The standard InChI is InChI=1S/C23H20ClF5O2/c1-21(2)17(12-18(24)22(25,26)23(27,28)29)19(21)20(30)31-13-14-7-6-10-16(11-14)15-8-4-3-5-9-15/h3-12,17,19H,13H2,1-2H3/b18-12-. The molecule has 1 aliphatic rings. The molecule has 1 aliphatic carbocycles. The number of allylic oxidation sites excluding steroid dienone is 2. The maximum absolute atomic E-state index is 13.4. The second-order valence-electron chi connectivity index (χ2n) is 8.09. The second kappa shape index (κ2) is 8.26. The minimum atomic E-state index is -5.81. The second-order valence-corrected chi connectivity index (χ2v) is 8.49. The van der Waals surface area contributed by atoms with Crippen molar-refractivity contribution in [2.75, 3.05) is 0 Å². The summed E-state index contributed by atoms with van der Waals surface area (Å²) in [7, 11) is 0. The van der Waals surface area contributed by atoms with E-state index in [-0.39, 0.29) is 6.61 Å². The molecule has 2 aromatic carbocycles. The predicted molar refractivity (Wildman–Crippen MR) is 107 cm³/mol. The van der Waals surface area contributed by atoms with Crippen molar-refractivity contribution in [3.63, 3.8) is 0 Å². The van der Waals surface area contributed by atoms with E-state index in [1.165, 1.54) is 0 Å². The van der Waals surface area contributed by atoms with E-state index in [0.717, 1.165) is 16.7 Å². The average molecular weight is 459 g/mol. The van der Waals surface area contributed by atoms with Crippen molar-refractivity contribution < 1.29 is 31.5 Å². The lowest BCUT2D eigenvalue weighted by Crippen LogP contribution is -2.36. The van der Waals surface area contributed by atoms with Gasteiger partial charge in [-0.05, 0) is 34.1 Å². The molecule has 3 rings (SSSR count). The Morgan fingerprint density at radius 3 is 2.26 bits per heavy atom. The summed E-state index contributed by atoms with van der Waals surface area (Å²) >= 11 is 5.28. The Bertz CT molecular complexity index is 983. The van der Waals surface area contributed by atoms with Gasteiger partial charge in [-0.3, -0.25) is 4.79 Å². The number of rotatable bonds is 6. The number of esters is 1. The molecule has 31 heavy (non-hydrogen) atoms. The first-order chi connectivity index (χ1) is 14.4. The normalized spacial score (nSPS) is 21.0. The SMILES string of the molecule is CC1(C)C(/C=C(\Cl)C(F)(F)C(F)(F)F)C1C(=O)OCc1cccc(-c2ccccc2)c1. The topological polar surface area (TPSA) is 26.3 Å².